The second-order valence-electron chi connectivity index (χ2n) is 5.52. The van der Waals surface area contributed by atoms with Crippen LogP contribution in [0.3, 0.4) is 0 Å². The molecule has 1 saturated heterocycles. The Balaban J connectivity index is 1.71. The molecule has 0 aromatic heterocycles. The third-order valence-corrected chi connectivity index (χ3v) is 5.74. The van der Waals surface area contributed by atoms with Gasteiger partial charge in [-0.15, -0.1) is 0 Å². The fourth-order valence-corrected chi connectivity index (χ4v) is 4.41. The molecule has 2 unspecified atom stereocenters. The topological polar surface area (TPSA) is 49.3 Å². The molecule has 2 N–H and O–H groups in total. The standard InChI is InChI=1S/C13H25NO2S/c15-10-12-4-2-1-3-11(12)9-14-13-5-7-17(16)8-6-13/h11-15H,1-10H2. The zero-order chi connectivity index (χ0) is 12.1. The van der Waals surface area contributed by atoms with Gasteiger partial charge in [0, 0.05) is 35.0 Å². The zero-order valence-electron chi connectivity index (χ0n) is 10.6. The molecule has 0 spiro atoms. The summed E-state index contributed by atoms with van der Waals surface area (Å²) in [5, 5.41) is 13.0. The lowest BCUT2D eigenvalue weighted by molar-refractivity contribution is 0.130. The summed E-state index contributed by atoms with van der Waals surface area (Å²) in [6, 6.07) is 0.564. The maximum absolute atomic E-state index is 11.3. The van der Waals surface area contributed by atoms with Crippen LogP contribution in [-0.4, -0.2) is 40.0 Å². The summed E-state index contributed by atoms with van der Waals surface area (Å²) in [4.78, 5) is 0. The van der Waals surface area contributed by atoms with Crippen LogP contribution in [0, 0.1) is 11.8 Å². The van der Waals surface area contributed by atoms with Crippen molar-refractivity contribution < 1.29 is 9.32 Å². The van der Waals surface area contributed by atoms with Gasteiger partial charge in [-0.3, -0.25) is 4.21 Å². The van der Waals surface area contributed by atoms with Gasteiger partial charge in [-0.05, 0) is 44.1 Å². The number of nitrogens with one attached hydrogen (secondary N) is 1. The van der Waals surface area contributed by atoms with Crippen LogP contribution in [0.15, 0.2) is 0 Å². The second-order valence-corrected chi connectivity index (χ2v) is 7.21. The molecule has 3 nitrogen and oxygen atoms in total. The van der Waals surface area contributed by atoms with Gasteiger partial charge in [0.1, 0.15) is 0 Å². The van der Waals surface area contributed by atoms with E-state index in [2.05, 4.69) is 5.32 Å². The first-order chi connectivity index (χ1) is 8.29. The molecule has 0 radical (unpaired) electrons. The predicted molar refractivity (Wildman–Crippen MR) is 71.4 cm³/mol. The highest BCUT2D eigenvalue weighted by atomic mass is 32.2. The molecular formula is C13H25NO2S. The molecule has 0 aromatic carbocycles. The number of aliphatic hydroxyl groups is 1. The molecule has 1 saturated carbocycles. The lowest BCUT2D eigenvalue weighted by Gasteiger charge is -2.32. The van der Waals surface area contributed by atoms with E-state index in [1.54, 1.807) is 0 Å². The summed E-state index contributed by atoms with van der Waals surface area (Å²) in [6.07, 6.45) is 7.17. The fourth-order valence-electron chi connectivity index (χ4n) is 3.11. The Morgan fingerprint density at radius 1 is 1.06 bits per heavy atom. The Morgan fingerprint density at radius 2 is 1.71 bits per heavy atom. The second kappa shape index (κ2) is 6.86. The monoisotopic (exact) mass is 259 g/mol. The van der Waals surface area contributed by atoms with E-state index in [0.717, 1.165) is 30.9 Å². The van der Waals surface area contributed by atoms with E-state index in [0.29, 0.717) is 24.5 Å². The minimum Gasteiger partial charge on any atom is -0.396 e. The minimum atomic E-state index is -0.558. The summed E-state index contributed by atoms with van der Waals surface area (Å²) in [6.45, 7) is 1.39. The smallest absolute Gasteiger partial charge is 0.0462 e. The largest absolute Gasteiger partial charge is 0.396 e. The highest BCUT2D eigenvalue weighted by Gasteiger charge is 2.25. The van der Waals surface area contributed by atoms with Crippen molar-refractivity contribution in [1.29, 1.82) is 0 Å². The molecule has 0 bridgehead atoms. The Hall–Kier alpha value is 0.0700. The van der Waals surface area contributed by atoms with Crippen LogP contribution in [0.2, 0.25) is 0 Å². The molecule has 0 aromatic rings. The molecular weight excluding hydrogens is 234 g/mol. The van der Waals surface area contributed by atoms with E-state index in [4.69, 9.17) is 0 Å². The predicted octanol–water partition coefficient (Wildman–Crippen LogP) is 1.29. The normalized spacial score (nSPS) is 39.1. The fraction of sp³-hybridized carbons (Fsp3) is 1.00. The molecule has 2 fully saturated rings. The maximum atomic E-state index is 11.3. The Labute approximate surface area is 107 Å². The average Bonchev–Trinajstić information content (AvgIpc) is 2.38. The van der Waals surface area contributed by atoms with Gasteiger partial charge in [0.15, 0.2) is 0 Å². The van der Waals surface area contributed by atoms with Crippen molar-refractivity contribution in [2.75, 3.05) is 24.7 Å². The van der Waals surface area contributed by atoms with Gasteiger partial charge in [0.2, 0.25) is 0 Å². The summed E-state index contributed by atoms with van der Waals surface area (Å²) < 4.78 is 11.3. The molecule has 4 heteroatoms. The van der Waals surface area contributed by atoms with Crippen molar-refractivity contribution in [3.8, 4) is 0 Å². The lowest BCUT2D eigenvalue weighted by atomic mass is 9.79. The zero-order valence-corrected chi connectivity index (χ0v) is 11.4. The number of hydrogen-bond donors (Lipinski definition) is 2. The summed E-state index contributed by atoms with van der Waals surface area (Å²) in [5.74, 6) is 2.90. The van der Waals surface area contributed by atoms with Gasteiger partial charge < -0.3 is 10.4 Å². The number of hydrogen-bond acceptors (Lipinski definition) is 3. The third kappa shape index (κ3) is 4.04. The molecule has 1 aliphatic heterocycles. The first-order valence-electron chi connectivity index (χ1n) is 6.99. The molecule has 100 valence electrons. The van der Waals surface area contributed by atoms with Crippen molar-refractivity contribution in [3.05, 3.63) is 0 Å². The van der Waals surface area contributed by atoms with Crippen LogP contribution >= 0.6 is 0 Å². The van der Waals surface area contributed by atoms with Crippen LogP contribution in [0.5, 0.6) is 0 Å². The highest BCUT2D eigenvalue weighted by molar-refractivity contribution is 7.85. The van der Waals surface area contributed by atoms with E-state index in [1.807, 2.05) is 0 Å². The van der Waals surface area contributed by atoms with E-state index in [1.165, 1.54) is 25.7 Å². The van der Waals surface area contributed by atoms with E-state index >= 15 is 0 Å². The van der Waals surface area contributed by atoms with Crippen molar-refractivity contribution in [1.82, 2.24) is 5.32 Å². The Kier molecular flexibility index (Phi) is 5.45. The van der Waals surface area contributed by atoms with Crippen LogP contribution in [-0.2, 0) is 10.8 Å². The van der Waals surface area contributed by atoms with E-state index in [9.17, 15) is 9.32 Å². The van der Waals surface area contributed by atoms with Crippen LogP contribution in [0.25, 0.3) is 0 Å². The third-order valence-electron chi connectivity index (χ3n) is 4.36. The number of rotatable bonds is 4. The van der Waals surface area contributed by atoms with Gasteiger partial charge in [-0.2, -0.15) is 0 Å². The van der Waals surface area contributed by atoms with E-state index < -0.39 is 10.8 Å². The van der Waals surface area contributed by atoms with Gasteiger partial charge >= 0.3 is 0 Å². The molecule has 2 atom stereocenters. The van der Waals surface area contributed by atoms with Gasteiger partial charge in [0.25, 0.3) is 0 Å². The maximum Gasteiger partial charge on any atom is 0.0462 e. The van der Waals surface area contributed by atoms with Crippen molar-refractivity contribution >= 4 is 10.8 Å². The Morgan fingerprint density at radius 3 is 2.35 bits per heavy atom. The van der Waals surface area contributed by atoms with E-state index in [-0.39, 0.29) is 0 Å². The van der Waals surface area contributed by atoms with Gasteiger partial charge in [0.05, 0.1) is 0 Å². The first-order valence-corrected chi connectivity index (χ1v) is 8.47. The summed E-state index contributed by atoms with van der Waals surface area (Å²) in [7, 11) is -0.558. The SMILES string of the molecule is O=S1CCC(NCC2CCCCC2CO)CC1. The van der Waals surface area contributed by atoms with Gasteiger partial charge in [-0.25, -0.2) is 0 Å². The van der Waals surface area contributed by atoms with Crippen molar-refractivity contribution in [2.24, 2.45) is 11.8 Å². The molecule has 1 aliphatic carbocycles. The molecule has 0 amide bonds. The molecule has 2 rings (SSSR count). The highest BCUT2D eigenvalue weighted by Crippen LogP contribution is 2.29. The molecule has 2 aliphatic rings. The van der Waals surface area contributed by atoms with Crippen molar-refractivity contribution in [3.63, 3.8) is 0 Å². The lowest BCUT2D eigenvalue weighted by Crippen LogP contribution is -2.41. The Bertz CT molecular complexity index is 250. The molecule has 17 heavy (non-hydrogen) atoms. The van der Waals surface area contributed by atoms with Gasteiger partial charge in [-0.1, -0.05) is 12.8 Å². The first kappa shape index (κ1) is 13.5. The summed E-state index contributed by atoms with van der Waals surface area (Å²) >= 11 is 0. The average molecular weight is 259 g/mol. The van der Waals surface area contributed by atoms with Crippen LogP contribution in [0.4, 0.5) is 0 Å². The molecule has 1 heterocycles. The summed E-state index contributed by atoms with van der Waals surface area (Å²) in [5.41, 5.74) is 0. The van der Waals surface area contributed by atoms with Crippen LogP contribution in [0.1, 0.15) is 38.5 Å². The van der Waals surface area contributed by atoms with Crippen LogP contribution < -0.4 is 5.32 Å². The number of aliphatic hydroxyl groups excluding tert-OH is 1. The minimum absolute atomic E-state index is 0.348. The quantitative estimate of drug-likeness (QED) is 0.800. The van der Waals surface area contributed by atoms with Crippen molar-refractivity contribution in [2.45, 2.75) is 44.6 Å².